The van der Waals surface area contributed by atoms with Crippen molar-refractivity contribution in [3.05, 3.63) is 66.0 Å². The van der Waals surface area contributed by atoms with Gasteiger partial charge in [-0.25, -0.2) is 4.39 Å². The second kappa shape index (κ2) is 9.07. The maximum Gasteiger partial charge on any atom is 0.171 e. The minimum atomic E-state index is -0.265. The van der Waals surface area contributed by atoms with E-state index in [-0.39, 0.29) is 17.9 Å². The number of anilines is 1. The first kappa shape index (κ1) is 18.8. The van der Waals surface area contributed by atoms with Crippen LogP contribution < -0.4 is 10.6 Å². The maximum absolute atomic E-state index is 13.0. The Labute approximate surface area is 159 Å². The Morgan fingerprint density at radius 2 is 1.73 bits per heavy atom. The monoisotopic (exact) mass is 373 g/mol. The van der Waals surface area contributed by atoms with Crippen molar-refractivity contribution in [2.75, 3.05) is 31.6 Å². The van der Waals surface area contributed by atoms with Crippen molar-refractivity contribution in [1.82, 2.24) is 10.2 Å². The molecule has 6 heteroatoms. The lowest BCUT2D eigenvalue weighted by Crippen LogP contribution is -2.49. The lowest BCUT2D eigenvalue weighted by atomic mass is 9.98. The number of hydrogen-bond acceptors (Lipinski definition) is 3. The highest BCUT2D eigenvalue weighted by Crippen LogP contribution is 2.25. The Hall–Kier alpha value is -2.02. The summed E-state index contributed by atoms with van der Waals surface area (Å²) >= 11 is 5.46. The summed E-state index contributed by atoms with van der Waals surface area (Å²) in [7, 11) is 0. The van der Waals surface area contributed by atoms with E-state index in [1.54, 1.807) is 12.1 Å². The van der Waals surface area contributed by atoms with E-state index in [2.05, 4.69) is 46.7 Å². The highest BCUT2D eigenvalue weighted by Gasteiger charge is 2.28. The number of rotatable bonds is 5. The summed E-state index contributed by atoms with van der Waals surface area (Å²) in [6, 6.07) is 16.9. The summed E-state index contributed by atoms with van der Waals surface area (Å²) in [5, 5.41) is 7.03. The summed E-state index contributed by atoms with van der Waals surface area (Å²) in [5.41, 5.74) is 2.01. The molecule has 0 bridgehead atoms. The number of nitrogens with one attached hydrogen (secondary N) is 2. The second-order valence-corrected chi connectivity index (χ2v) is 6.81. The summed E-state index contributed by atoms with van der Waals surface area (Å²) in [4.78, 5) is 2.43. The van der Waals surface area contributed by atoms with Gasteiger partial charge in [0, 0.05) is 24.8 Å². The van der Waals surface area contributed by atoms with E-state index in [0.717, 1.165) is 32.0 Å². The van der Waals surface area contributed by atoms with Crippen molar-refractivity contribution in [2.45, 2.75) is 19.0 Å². The minimum Gasteiger partial charge on any atom is -0.379 e. The predicted molar refractivity (Wildman–Crippen MR) is 107 cm³/mol. The third-order valence-corrected chi connectivity index (χ3v) is 4.73. The van der Waals surface area contributed by atoms with Gasteiger partial charge >= 0.3 is 0 Å². The molecule has 2 aromatic rings. The molecule has 26 heavy (non-hydrogen) atoms. The third-order valence-electron chi connectivity index (χ3n) is 4.51. The zero-order valence-electron chi connectivity index (χ0n) is 14.8. The molecular formula is C20H24FN3OS. The first-order chi connectivity index (χ1) is 12.6. The molecule has 4 nitrogen and oxygen atoms in total. The van der Waals surface area contributed by atoms with Crippen LogP contribution in [0.3, 0.4) is 0 Å². The van der Waals surface area contributed by atoms with Crippen LogP contribution in [0.25, 0.3) is 0 Å². The van der Waals surface area contributed by atoms with E-state index in [1.807, 2.05) is 6.07 Å². The Bertz CT molecular complexity index is 705. The fraction of sp³-hybridized carbons (Fsp3) is 0.350. The molecule has 138 valence electrons. The number of hydrogen-bond donors (Lipinski definition) is 2. The standard InChI is InChI=1S/C20H24FN3OS/c1-15(22-20(26)23-18-9-7-17(21)8-10-18)19(16-5-3-2-4-6-16)24-11-13-25-14-12-24/h2-10,15,19H,11-14H2,1H3,(H2,22,23,26)/t15-,19-/m1/s1. The number of morpholine rings is 1. The summed E-state index contributed by atoms with van der Waals surface area (Å²) < 4.78 is 18.5. The molecule has 0 spiro atoms. The van der Waals surface area contributed by atoms with Gasteiger partial charge in [-0.15, -0.1) is 0 Å². The van der Waals surface area contributed by atoms with Crippen molar-refractivity contribution in [3.8, 4) is 0 Å². The average molecular weight is 373 g/mol. The Kier molecular flexibility index (Phi) is 6.55. The van der Waals surface area contributed by atoms with Gasteiger partial charge < -0.3 is 15.4 Å². The molecule has 2 atom stereocenters. The third kappa shape index (κ3) is 5.00. The van der Waals surface area contributed by atoms with Crippen molar-refractivity contribution in [3.63, 3.8) is 0 Å². The number of ether oxygens (including phenoxy) is 1. The molecule has 1 aliphatic rings. The largest absolute Gasteiger partial charge is 0.379 e. The quantitative estimate of drug-likeness (QED) is 0.784. The van der Waals surface area contributed by atoms with Crippen LogP contribution in [0.4, 0.5) is 10.1 Å². The SMILES string of the molecule is C[C@@H](NC(=S)Nc1ccc(F)cc1)[C@H](c1ccccc1)N1CCOCC1. The molecule has 1 heterocycles. The molecule has 2 aromatic carbocycles. The fourth-order valence-corrected chi connectivity index (χ4v) is 3.61. The molecule has 0 aliphatic carbocycles. The first-order valence-electron chi connectivity index (χ1n) is 8.83. The summed E-state index contributed by atoms with van der Waals surface area (Å²) in [6.07, 6.45) is 0. The van der Waals surface area contributed by atoms with E-state index in [0.29, 0.717) is 5.11 Å². The van der Waals surface area contributed by atoms with Crippen LogP contribution in [0.15, 0.2) is 54.6 Å². The van der Waals surface area contributed by atoms with Gasteiger partial charge in [-0.05, 0) is 49.0 Å². The summed E-state index contributed by atoms with van der Waals surface area (Å²) in [6.45, 7) is 5.40. The van der Waals surface area contributed by atoms with Gasteiger partial charge in [0.05, 0.1) is 19.3 Å². The van der Waals surface area contributed by atoms with Gasteiger partial charge in [0.2, 0.25) is 0 Å². The van der Waals surface area contributed by atoms with E-state index in [9.17, 15) is 4.39 Å². The Balaban J connectivity index is 1.69. The molecule has 0 radical (unpaired) electrons. The van der Waals surface area contributed by atoms with E-state index in [4.69, 9.17) is 17.0 Å². The van der Waals surface area contributed by atoms with Gasteiger partial charge in [-0.3, -0.25) is 4.90 Å². The van der Waals surface area contributed by atoms with Crippen molar-refractivity contribution in [2.24, 2.45) is 0 Å². The average Bonchev–Trinajstić information content (AvgIpc) is 2.65. The van der Waals surface area contributed by atoms with Gasteiger partial charge in [-0.2, -0.15) is 0 Å². The summed E-state index contributed by atoms with van der Waals surface area (Å²) in [5.74, 6) is -0.265. The van der Waals surface area contributed by atoms with Gasteiger partial charge in [0.15, 0.2) is 5.11 Å². The molecule has 1 aliphatic heterocycles. The van der Waals surface area contributed by atoms with Crippen LogP contribution in [-0.4, -0.2) is 42.4 Å². The zero-order valence-corrected chi connectivity index (χ0v) is 15.6. The van der Waals surface area contributed by atoms with Crippen LogP contribution in [-0.2, 0) is 4.74 Å². The van der Waals surface area contributed by atoms with E-state index < -0.39 is 0 Å². The molecule has 0 saturated carbocycles. The highest BCUT2D eigenvalue weighted by molar-refractivity contribution is 7.80. The van der Waals surface area contributed by atoms with Crippen LogP contribution >= 0.6 is 12.2 Å². The number of thiocarbonyl (C=S) groups is 1. The van der Waals surface area contributed by atoms with Crippen molar-refractivity contribution >= 4 is 23.0 Å². The molecule has 3 rings (SSSR count). The minimum absolute atomic E-state index is 0.0935. The van der Waals surface area contributed by atoms with Gasteiger partial charge in [0.25, 0.3) is 0 Å². The number of halogens is 1. The molecular weight excluding hydrogens is 349 g/mol. The van der Waals surface area contributed by atoms with E-state index >= 15 is 0 Å². The second-order valence-electron chi connectivity index (χ2n) is 6.40. The highest BCUT2D eigenvalue weighted by atomic mass is 32.1. The van der Waals surface area contributed by atoms with Crippen LogP contribution in [0.5, 0.6) is 0 Å². The zero-order chi connectivity index (χ0) is 18.4. The lowest BCUT2D eigenvalue weighted by Gasteiger charge is -2.38. The van der Waals surface area contributed by atoms with Crippen molar-refractivity contribution in [1.29, 1.82) is 0 Å². The fourth-order valence-electron chi connectivity index (χ4n) is 3.31. The smallest absolute Gasteiger partial charge is 0.171 e. The maximum atomic E-state index is 13.0. The molecule has 0 aromatic heterocycles. The normalized spacial score (nSPS) is 17.3. The number of benzene rings is 2. The van der Waals surface area contributed by atoms with Crippen molar-refractivity contribution < 1.29 is 9.13 Å². The van der Waals surface area contributed by atoms with Crippen LogP contribution in [0.1, 0.15) is 18.5 Å². The molecule has 1 fully saturated rings. The van der Waals surface area contributed by atoms with E-state index in [1.165, 1.54) is 17.7 Å². The van der Waals surface area contributed by atoms with Crippen LogP contribution in [0.2, 0.25) is 0 Å². The van der Waals surface area contributed by atoms with Gasteiger partial charge in [0.1, 0.15) is 5.82 Å². The Morgan fingerprint density at radius 1 is 1.08 bits per heavy atom. The molecule has 0 amide bonds. The first-order valence-corrected chi connectivity index (χ1v) is 9.24. The molecule has 0 unspecified atom stereocenters. The lowest BCUT2D eigenvalue weighted by molar-refractivity contribution is 0.0102. The van der Waals surface area contributed by atoms with Gasteiger partial charge in [-0.1, -0.05) is 30.3 Å². The molecule has 1 saturated heterocycles. The van der Waals surface area contributed by atoms with Crippen LogP contribution in [0, 0.1) is 5.82 Å². The predicted octanol–water partition coefficient (Wildman–Crippen LogP) is 3.57. The number of nitrogens with zero attached hydrogens (tertiary/aromatic N) is 1. The Morgan fingerprint density at radius 3 is 2.38 bits per heavy atom. The molecule has 2 N–H and O–H groups in total. The topological polar surface area (TPSA) is 36.5 Å².